The van der Waals surface area contributed by atoms with E-state index in [1.165, 1.54) is 0 Å². The first-order valence-electron chi connectivity index (χ1n) is 7.48. The average molecular weight is 297 g/mol. The monoisotopic (exact) mass is 297 g/mol. The van der Waals surface area contributed by atoms with E-state index in [-0.39, 0.29) is 11.2 Å². The Labute approximate surface area is 122 Å². The molecule has 1 unspecified atom stereocenters. The first kappa shape index (κ1) is 15.7. The van der Waals surface area contributed by atoms with Gasteiger partial charge in [-0.05, 0) is 18.9 Å². The molecule has 0 saturated heterocycles. The van der Waals surface area contributed by atoms with Gasteiger partial charge in [-0.2, -0.15) is 5.01 Å². The minimum atomic E-state index is -1.06. The van der Waals surface area contributed by atoms with Gasteiger partial charge in [0.2, 0.25) is 0 Å². The number of hydrogen-bond acceptors (Lipinski definition) is 5. The van der Waals surface area contributed by atoms with Crippen molar-refractivity contribution in [1.29, 1.82) is 0 Å². The molecule has 2 rings (SSSR count). The van der Waals surface area contributed by atoms with Gasteiger partial charge in [0, 0.05) is 20.1 Å². The average Bonchev–Trinajstić information content (AvgIpc) is 2.77. The van der Waals surface area contributed by atoms with Crippen molar-refractivity contribution < 1.29 is 9.53 Å². The Kier molecular flexibility index (Phi) is 4.66. The number of carbonyl (C=O) groups excluding carboxylic acids is 1. The molecule has 1 saturated carbocycles. The molecule has 0 amide bonds. The van der Waals surface area contributed by atoms with Crippen molar-refractivity contribution in [3.8, 4) is 0 Å². The Hall–Kier alpha value is -0.723. The molecular formula is C14H27N3O2Si. The number of nitrogens with one attached hydrogen (secondary N) is 1. The molecule has 114 valence electrons. The van der Waals surface area contributed by atoms with Crippen LogP contribution in [0.15, 0.2) is 4.99 Å². The second-order valence-corrected chi connectivity index (χ2v) is 13.0. The van der Waals surface area contributed by atoms with Crippen molar-refractivity contribution in [2.45, 2.75) is 58.0 Å². The highest BCUT2D eigenvalue weighted by atomic mass is 28.3. The summed E-state index contributed by atoms with van der Waals surface area (Å²) in [6.07, 6.45) is 4.32. The molecule has 0 aromatic rings. The quantitative estimate of drug-likeness (QED) is 0.578. The number of aliphatic imine (C=N–C) groups is 1. The van der Waals surface area contributed by atoms with Gasteiger partial charge in [0.05, 0.1) is 6.34 Å². The lowest BCUT2D eigenvalue weighted by atomic mass is 9.67. The highest BCUT2D eigenvalue weighted by Gasteiger charge is 2.45. The van der Waals surface area contributed by atoms with E-state index in [0.29, 0.717) is 6.73 Å². The third kappa shape index (κ3) is 3.68. The van der Waals surface area contributed by atoms with Crippen LogP contribution < -0.4 is 5.43 Å². The van der Waals surface area contributed by atoms with Crippen LogP contribution in [0.1, 0.15) is 26.2 Å². The predicted octanol–water partition coefficient (Wildman–Crippen LogP) is 2.23. The van der Waals surface area contributed by atoms with Gasteiger partial charge in [0.25, 0.3) is 0 Å². The van der Waals surface area contributed by atoms with Gasteiger partial charge in [-0.15, -0.1) is 0 Å². The number of ether oxygens (including phenoxy) is 1. The first-order chi connectivity index (χ1) is 9.32. The highest BCUT2D eigenvalue weighted by Crippen LogP contribution is 2.42. The summed E-state index contributed by atoms with van der Waals surface area (Å²) in [4.78, 5) is 16.8. The smallest absolute Gasteiger partial charge is 0.182 e. The molecule has 5 nitrogen and oxygen atoms in total. The van der Waals surface area contributed by atoms with E-state index in [2.05, 4.69) is 37.0 Å². The summed E-state index contributed by atoms with van der Waals surface area (Å²) >= 11 is 0. The topological polar surface area (TPSA) is 53.9 Å². The summed E-state index contributed by atoms with van der Waals surface area (Å²) in [5.41, 5.74) is 2.84. The van der Waals surface area contributed by atoms with Crippen molar-refractivity contribution in [2.75, 3.05) is 13.3 Å². The minimum Gasteiger partial charge on any atom is -0.365 e. The van der Waals surface area contributed by atoms with Gasteiger partial charge in [-0.3, -0.25) is 4.79 Å². The maximum atomic E-state index is 12.5. The Morgan fingerprint density at radius 3 is 2.75 bits per heavy atom. The van der Waals surface area contributed by atoms with Gasteiger partial charge < -0.3 is 10.2 Å². The van der Waals surface area contributed by atoms with Gasteiger partial charge in [0.15, 0.2) is 11.9 Å². The van der Waals surface area contributed by atoms with Crippen LogP contribution in [0.4, 0.5) is 0 Å². The third-order valence-corrected chi connectivity index (χ3v) is 5.95. The molecule has 1 aliphatic heterocycles. The normalized spacial score (nSPS) is 25.3. The lowest BCUT2D eigenvalue weighted by Crippen LogP contribution is -2.50. The van der Waals surface area contributed by atoms with Crippen molar-refractivity contribution in [3.05, 3.63) is 0 Å². The highest BCUT2D eigenvalue weighted by molar-refractivity contribution is 6.76. The molecule has 1 aliphatic carbocycles. The largest absolute Gasteiger partial charge is 0.365 e. The Balaban J connectivity index is 1.79. The molecule has 1 heterocycles. The predicted molar refractivity (Wildman–Crippen MR) is 83.2 cm³/mol. The van der Waals surface area contributed by atoms with Crippen LogP contribution in [0.3, 0.4) is 0 Å². The van der Waals surface area contributed by atoms with Crippen molar-refractivity contribution in [1.82, 2.24) is 10.4 Å². The number of rotatable bonds is 7. The zero-order valence-electron chi connectivity index (χ0n) is 13.1. The molecule has 0 aromatic carbocycles. The SMILES string of the molecule is CC1(C(=O)C2N=CNN2COCC[Si](C)(C)C)CCC1. The fourth-order valence-corrected chi connectivity index (χ4v) is 3.21. The van der Waals surface area contributed by atoms with E-state index >= 15 is 0 Å². The second kappa shape index (κ2) is 5.95. The number of Topliss-reactive ketones (excluding diaryl/α,β-unsaturated/α-hetero) is 1. The van der Waals surface area contributed by atoms with Gasteiger partial charge in [-0.1, -0.05) is 33.0 Å². The van der Waals surface area contributed by atoms with E-state index in [1.807, 2.05) is 0 Å². The molecule has 1 fully saturated rings. The molecule has 1 N–H and O–H groups in total. The maximum Gasteiger partial charge on any atom is 0.182 e. The second-order valence-electron chi connectivity index (χ2n) is 7.38. The van der Waals surface area contributed by atoms with Gasteiger partial charge >= 0.3 is 0 Å². The van der Waals surface area contributed by atoms with E-state index in [0.717, 1.165) is 31.9 Å². The maximum absolute atomic E-state index is 12.5. The van der Waals surface area contributed by atoms with Crippen LogP contribution in [0.2, 0.25) is 25.7 Å². The zero-order chi connectivity index (χ0) is 14.8. The Morgan fingerprint density at radius 2 is 2.20 bits per heavy atom. The fraction of sp³-hybridized carbons (Fsp3) is 0.857. The number of ketones is 1. The Bertz CT molecular complexity index is 388. The molecule has 6 heteroatoms. The minimum absolute atomic E-state index is 0.176. The Morgan fingerprint density at radius 1 is 1.50 bits per heavy atom. The first-order valence-corrected chi connectivity index (χ1v) is 11.2. The molecular weight excluding hydrogens is 270 g/mol. The lowest BCUT2D eigenvalue weighted by Gasteiger charge is -2.39. The van der Waals surface area contributed by atoms with Gasteiger partial charge in [-0.25, -0.2) is 4.99 Å². The van der Waals surface area contributed by atoms with Crippen LogP contribution in [0, 0.1) is 5.41 Å². The van der Waals surface area contributed by atoms with Gasteiger partial charge in [0.1, 0.15) is 6.73 Å². The van der Waals surface area contributed by atoms with E-state index in [4.69, 9.17) is 4.74 Å². The molecule has 0 bridgehead atoms. The number of hydrazine groups is 1. The summed E-state index contributed by atoms with van der Waals surface area (Å²) in [6.45, 7) is 10.2. The molecule has 0 radical (unpaired) electrons. The van der Waals surface area contributed by atoms with E-state index in [9.17, 15) is 4.79 Å². The fourth-order valence-electron chi connectivity index (χ4n) is 2.45. The number of carbonyl (C=O) groups is 1. The van der Waals surface area contributed by atoms with Crippen molar-refractivity contribution in [3.63, 3.8) is 0 Å². The van der Waals surface area contributed by atoms with Crippen LogP contribution in [-0.4, -0.2) is 44.7 Å². The van der Waals surface area contributed by atoms with Crippen molar-refractivity contribution >= 4 is 20.2 Å². The van der Waals surface area contributed by atoms with E-state index in [1.54, 1.807) is 11.3 Å². The van der Waals surface area contributed by atoms with Crippen LogP contribution in [0.5, 0.6) is 0 Å². The third-order valence-electron chi connectivity index (χ3n) is 4.25. The van der Waals surface area contributed by atoms with E-state index < -0.39 is 14.2 Å². The van der Waals surface area contributed by atoms with Crippen molar-refractivity contribution in [2.24, 2.45) is 10.4 Å². The lowest BCUT2D eigenvalue weighted by molar-refractivity contribution is -0.140. The molecule has 2 aliphatic rings. The van der Waals surface area contributed by atoms with Crippen LogP contribution >= 0.6 is 0 Å². The molecule has 0 spiro atoms. The summed E-state index contributed by atoms with van der Waals surface area (Å²) in [5.74, 6) is 0.221. The van der Waals surface area contributed by atoms with Crippen LogP contribution in [0.25, 0.3) is 0 Å². The molecule has 1 atom stereocenters. The summed E-state index contributed by atoms with van der Waals surface area (Å²) in [6, 6.07) is 1.14. The summed E-state index contributed by atoms with van der Waals surface area (Å²) < 4.78 is 5.70. The summed E-state index contributed by atoms with van der Waals surface area (Å²) in [7, 11) is -1.06. The van der Waals surface area contributed by atoms with Crippen LogP contribution in [-0.2, 0) is 9.53 Å². The molecule has 0 aromatic heterocycles. The molecule has 20 heavy (non-hydrogen) atoms. The summed E-state index contributed by atoms with van der Waals surface area (Å²) in [5, 5.41) is 1.80. The number of nitrogens with zero attached hydrogens (tertiary/aromatic N) is 2. The number of hydrogen-bond donors (Lipinski definition) is 1. The zero-order valence-corrected chi connectivity index (χ0v) is 14.1. The standard InChI is InChI=1S/C14H27N3O2Si/c1-14(6-5-7-14)12(18)13-15-10-16-17(13)11-19-8-9-20(2,3)4/h10,13H,5-9,11H2,1-4H3,(H,15,16).